The molecule has 1 saturated carbocycles. The van der Waals surface area contributed by atoms with Gasteiger partial charge in [0.05, 0.1) is 0 Å². The molecule has 0 bridgehead atoms. The molecule has 3 rings (SSSR count). The molecule has 1 N–H and O–H groups in total. The van der Waals surface area contributed by atoms with Crippen LogP contribution >= 0.6 is 0 Å². The molecule has 1 aliphatic carbocycles. The Morgan fingerprint density at radius 3 is 2.06 bits per heavy atom. The minimum Gasteiger partial charge on any atom is -0.316 e. The first-order valence-electron chi connectivity index (χ1n) is 6.96. The number of rotatable bonds is 1. The summed E-state index contributed by atoms with van der Waals surface area (Å²) >= 11 is 0. The molecule has 0 aromatic heterocycles. The zero-order valence-electron chi connectivity index (χ0n) is 11.1. The molecule has 0 unspecified atom stereocenters. The monoisotopic (exact) mass is 229 g/mol. The smallest absolute Gasteiger partial charge is 0.00202 e. The minimum absolute atomic E-state index is 0.690. The summed E-state index contributed by atoms with van der Waals surface area (Å²) in [5, 5.41) is 3.44. The van der Waals surface area contributed by atoms with Gasteiger partial charge in [0.2, 0.25) is 0 Å². The molecule has 92 valence electrons. The number of hydrogen-bond donors (Lipinski definition) is 1. The molecular formula is C16H23N. The predicted octanol–water partition coefficient (Wildman–Crippen LogP) is 3.55. The molecule has 0 radical (unpaired) electrons. The summed E-state index contributed by atoms with van der Waals surface area (Å²) in [5.41, 5.74) is 5.12. The Morgan fingerprint density at radius 1 is 1.00 bits per heavy atom. The second-order valence-electron chi connectivity index (χ2n) is 6.30. The van der Waals surface area contributed by atoms with Gasteiger partial charge in [0.25, 0.3) is 0 Å². The van der Waals surface area contributed by atoms with Crippen LogP contribution in [0.15, 0.2) is 18.2 Å². The van der Waals surface area contributed by atoms with Crippen LogP contribution in [0, 0.1) is 19.3 Å². The van der Waals surface area contributed by atoms with Crippen molar-refractivity contribution in [3.8, 4) is 0 Å². The van der Waals surface area contributed by atoms with Crippen molar-refractivity contribution in [2.24, 2.45) is 5.41 Å². The van der Waals surface area contributed by atoms with Gasteiger partial charge in [0.15, 0.2) is 0 Å². The largest absolute Gasteiger partial charge is 0.316 e. The van der Waals surface area contributed by atoms with E-state index in [1.807, 2.05) is 0 Å². The van der Waals surface area contributed by atoms with Crippen LogP contribution in [-0.4, -0.2) is 13.1 Å². The molecular weight excluding hydrogens is 206 g/mol. The fourth-order valence-corrected chi connectivity index (χ4v) is 3.64. The molecule has 17 heavy (non-hydrogen) atoms. The van der Waals surface area contributed by atoms with Crippen molar-refractivity contribution in [1.82, 2.24) is 5.32 Å². The average Bonchev–Trinajstić information content (AvgIpc) is 2.26. The lowest BCUT2D eigenvalue weighted by atomic mass is 9.65. The Labute approximate surface area is 105 Å². The third-order valence-corrected chi connectivity index (χ3v) is 4.76. The van der Waals surface area contributed by atoms with Crippen molar-refractivity contribution in [2.45, 2.75) is 45.4 Å². The van der Waals surface area contributed by atoms with E-state index < -0.39 is 0 Å². The van der Waals surface area contributed by atoms with E-state index in [0.29, 0.717) is 5.41 Å². The lowest BCUT2D eigenvalue weighted by Gasteiger charge is -2.47. The van der Waals surface area contributed by atoms with Crippen molar-refractivity contribution in [1.29, 1.82) is 0 Å². The molecule has 1 nitrogen and oxygen atoms in total. The summed E-state index contributed by atoms with van der Waals surface area (Å²) in [6.45, 7) is 6.98. The molecule has 1 heteroatoms. The van der Waals surface area contributed by atoms with Crippen molar-refractivity contribution in [2.75, 3.05) is 13.1 Å². The van der Waals surface area contributed by atoms with Crippen molar-refractivity contribution in [3.63, 3.8) is 0 Å². The summed E-state index contributed by atoms with van der Waals surface area (Å²) in [6.07, 6.45) is 5.64. The zero-order chi connectivity index (χ0) is 11.9. The highest BCUT2D eigenvalue weighted by atomic mass is 15.0. The summed E-state index contributed by atoms with van der Waals surface area (Å²) in [6, 6.07) is 7.08. The van der Waals surface area contributed by atoms with E-state index in [-0.39, 0.29) is 0 Å². The second-order valence-corrected chi connectivity index (χ2v) is 6.30. The zero-order valence-corrected chi connectivity index (χ0v) is 11.1. The summed E-state index contributed by atoms with van der Waals surface area (Å²) in [4.78, 5) is 0. The molecule has 2 fully saturated rings. The van der Waals surface area contributed by atoms with Gasteiger partial charge in [-0.3, -0.25) is 0 Å². The Balaban J connectivity index is 1.73. The number of aryl methyl sites for hydroxylation is 2. The molecule has 2 aliphatic rings. The molecule has 1 aromatic carbocycles. The van der Waals surface area contributed by atoms with E-state index in [9.17, 15) is 0 Å². The van der Waals surface area contributed by atoms with Crippen LogP contribution in [0.2, 0.25) is 0 Å². The lowest BCUT2D eigenvalue weighted by molar-refractivity contribution is 0.0975. The quantitative estimate of drug-likeness (QED) is 0.776. The van der Waals surface area contributed by atoms with Crippen LogP contribution in [0.5, 0.6) is 0 Å². The van der Waals surface area contributed by atoms with E-state index in [1.165, 1.54) is 49.9 Å². The molecule has 1 spiro atoms. The second kappa shape index (κ2) is 4.13. The third kappa shape index (κ3) is 2.13. The van der Waals surface area contributed by atoms with Gasteiger partial charge in [-0.1, -0.05) is 29.3 Å². The van der Waals surface area contributed by atoms with E-state index >= 15 is 0 Å². The third-order valence-electron chi connectivity index (χ3n) is 4.76. The van der Waals surface area contributed by atoms with Crippen molar-refractivity contribution in [3.05, 3.63) is 34.9 Å². The van der Waals surface area contributed by atoms with Crippen molar-refractivity contribution >= 4 is 0 Å². The summed E-state index contributed by atoms with van der Waals surface area (Å²) in [5.74, 6) is 0.819. The van der Waals surface area contributed by atoms with Gasteiger partial charge in [-0.15, -0.1) is 0 Å². The fourth-order valence-electron chi connectivity index (χ4n) is 3.64. The van der Waals surface area contributed by atoms with Gasteiger partial charge in [0.1, 0.15) is 0 Å². The Kier molecular flexibility index (Phi) is 2.74. The fraction of sp³-hybridized carbons (Fsp3) is 0.625. The molecule has 1 saturated heterocycles. The van der Waals surface area contributed by atoms with Gasteiger partial charge in [-0.25, -0.2) is 0 Å². The minimum atomic E-state index is 0.690. The molecule has 1 aliphatic heterocycles. The Hall–Kier alpha value is -0.820. The number of benzene rings is 1. The SMILES string of the molecule is Cc1cc(C)cc(C2CCC3(CC2)CNC3)c1. The predicted molar refractivity (Wildman–Crippen MR) is 72.4 cm³/mol. The van der Waals surface area contributed by atoms with E-state index in [1.54, 1.807) is 5.56 Å². The highest BCUT2D eigenvalue weighted by molar-refractivity contribution is 5.31. The van der Waals surface area contributed by atoms with E-state index in [0.717, 1.165) is 5.92 Å². The van der Waals surface area contributed by atoms with Crippen LogP contribution in [0.3, 0.4) is 0 Å². The van der Waals surface area contributed by atoms with Crippen LogP contribution in [0.25, 0.3) is 0 Å². The average molecular weight is 229 g/mol. The summed E-state index contributed by atoms with van der Waals surface area (Å²) in [7, 11) is 0. The summed E-state index contributed by atoms with van der Waals surface area (Å²) < 4.78 is 0. The molecule has 1 heterocycles. The highest BCUT2D eigenvalue weighted by Gasteiger charge is 2.40. The first-order valence-corrected chi connectivity index (χ1v) is 6.96. The van der Waals surface area contributed by atoms with Crippen molar-refractivity contribution < 1.29 is 0 Å². The first-order chi connectivity index (χ1) is 8.17. The standard InChI is InChI=1S/C16H23N/c1-12-7-13(2)9-15(8-12)14-3-5-16(6-4-14)10-17-11-16/h7-9,14,17H,3-6,10-11H2,1-2H3. The maximum Gasteiger partial charge on any atom is 0.00202 e. The van der Waals surface area contributed by atoms with Crippen LogP contribution in [0.4, 0.5) is 0 Å². The van der Waals surface area contributed by atoms with Crippen LogP contribution in [-0.2, 0) is 0 Å². The van der Waals surface area contributed by atoms with Gasteiger partial charge in [-0.2, -0.15) is 0 Å². The van der Waals surface area contributed by atoms with Gasteiger partial charge >= 0.3 is 0 Å². The molecule has 0 atom stereocenters. The van der Waals surface area contributed by atoms with Gasteiger partial charge < -0.3 is 5.32 Å². The van der Waals surface area contributed by atoms with Gasteiger partial charge in [0, 0.05) is 13.1 Å². The lowest BCUT2D eigenvalue weighted by Crippen LogP contribution is -2.54. The first kappa shape index (κ1) is 11.3. The molecule has 1 aromatic rings. The Morgan fingerprint density at radius 2 is 1.59 bits per heavy atom. The topological polar surface area (TPSA) is 12.0 Å². The Bertz CT molecular complexity index is 387. The van der Waals surface area contributed by atoms with Crippen LogP contribution in [0.1, 0.15) is 48.3 Å². The molecule has 0 amide bonds. The number of nitrogens with one attached hydrogen (secondary N) is 1. The normalized spacial score (nSPS) is 23.6. The van der Waals surface area contributed by atoms with E-state index in [2.05, 4.69) is 37.4 Å². The van der Waals surface area contributed by atoms with E-state index in [4.69, 9.17) is 0 Å². The van der Waals surface area contributed by atoms with Gasteiger partial charge in [-0.05, 0) is 56.4 Å². The maximum atomic E-state index is 3.44. The van der Waals surface area contributed by atoms with Crippen LogP contribution < -0.4 is 5.32 Å². The highest BCUT2D eigenvalue weighted by Crippen LogP contribution is 2.45. The maximum absolute atomic E-state index is 3.44. The number of hydrogen-bond acceptors (Lipinski definition) is 1.